The molecule has 0 bridgehead atoms. The van der Waals surface area contributed by atoms with Crippen molar-refractivity contribution in [3.8, 4) is 0 Å². The monoisotopic (exact) mass is 364 g/mol. The minimum absolute atomic E-state index is 0.0671. The molecule has 6 heteroatoms. The second kappa shape index (κ2) is 6.87. The van der Waals surface area contributed by atoms with E-state index in [-0.39, 0.29) is 18.4 Å². The molecule has 4 rings (SSSR count). The number of hydrogen-bond acceptors (Lipinski definition) is 3. The van der Waals surface area contributed by atoms with Gasteiger partial charge in [-0.1, -0.05) is 30.3 Å². The van der Waals surface area contributed by atoms with Crippen LogP contribution in [0.15, 0.2) is 48.5 Å². The Hall–Kier alpha value is -3.15. The van der Waals surface area contributed by atoms with Crippen molar-refractivity contribution < 1.29 is 19.5 Å². The number of rotatable bonds is 3. The van der Waals surface area contributed by atoms with Crippen LogP contribution in [0, 0.1) is 0 Å². The van der Waals surface area contributed by atoms with Gasteiger partial charge in [-0.3, -0.25) is 14.4 Å². The maximum atomic E-state index is 13.1. The molecule has 0 aromatic heterocycles. The van der Waals surface area contributed by atoms with E-state index in [1.54, 1.807) is 28.0 Å². The van der Waals surface area contributed by atoms with Crippen molar-refractivity contribution in [3.63, 3.8) is 0 Å². The third-order valence-electron chi connectivity index (χ3n) is 5.26. The number of anilines is 1. The summed E-state index contributed by atoms with van der Waals surface area (Å²) in [6.45, 7) is 1.18. The Balaban J connectivity index is 1.62. The Bertz CT molecular complexity index is 924. The first-order valence-corrected chi connectivity index (χ1v) is 9.05. The Labute approximate surface area is 157 Å². The van der Waals surface area contributed by atoms with Crippen molar-refractivity contribution in [1.29, 1.82) is 0 Å². The number of fused-ring (bicyclic) bond motifs is 1. The van der Waals surface area contributed by atoms with Gasteiger partial charge in [0.05, 0.1) is 5.92 Å². The molecule has 2 aliphatic rings. The second-order valence-electron chi connectivity index (χ2n) is 6.97. The molecule has 2 aromatic carbocycles. The lowest BCUT2D eigenvalue weighted by atomic mass is 9.89. The number of carbonyl (C=O) groups is 3. The van der Waals surface area contributed by atoms with E-state index in [1.165, 1.54) is 0 Å². The minimum Gasteiger partial charge on any atom is -0.481 e. The number of benzene rings is 2. The van der Waals surface area contributed by atoms with Gasteiger partial charge in [0, 0.05) is 37.3 Å². The Morgan fingerprint density at radius 1 is 1.07 bits per heavy atom. The Morgan fingerprint density at radius 2 is 1.89 bits per heavy atom. The zero-order valence-corrected chi connectivity index (χ0v) is 14.8. The molecule has 27 heavy (non-hydrogen) atoms. The lowest BCUT2D eigenvalue weighted by Crippen LogP contribution is -2.40. The van der Waals surface area contributed by atoms with Crippen molar-refractivity contribution in [1.82, 2.24) is 4.90 Å². The second-order valence-corrected chi connectivity index (χ2v) is 6.97. The highest BCUT2D eigenvalue weighted by molar-refractivity contribution is 5.99. The average Bonchev–Trinajstić information content (AvgIpc) is 3.12. The number of amides is 2. The van der Waals surface area contributed by atoms with Crippen LogP contribution in [0.3, 0.4) is 0 Å². The van der Waals surface area contributed by atoms with Crippen molar-refractivity contribution in [3.05, 3.63) is 65.2 Å². The predicted molar refractivity (Wildman–Crippen MR) is 99.6 cm³/mol. The van der Waals surface area contributed by atoms with Gasteiger partial charge in [-0.25, -0.2) is 0 Å². The number of nitrogens with zero attached hydrogens (tertiary/aromatic N) is 2. The largest absolute Gasteiger partial charge is 0.481 e. The number of aliphatic carboxylic acids is 1. The lowest BCUT2D eigenvalue weighted by molar-refractivity contribution is -0.139. The van der Waals surface area contributed by atoms with E-state index in [9.17, 15) is 19.5 Å². The molecule has 1 N–H and O–H groups in total. The van der Waals surface area contributed by atoms with E-state index in [2.05, 4.69) is 0 Å². The molecule has 0 spiro atoms. The normalized spacial score (nSPS) is 19.1. The van der Waals surface area contributed by atoms with E-state index < -0.39 is 11.9 Å². The smallest absolute Gasteiger partial charge is 0.312 e. The van der Waals surface area contributed by atoms with Crippen LogP contribution < -0.4 is 4.90 Å². The van der Waals surface area contributed by atoms with Crippen LogP contribution in [0.2, 0.25) is 0 Å². The van der Waals surface area contributed by atoms with Crippen LogP contribution in [0.25, 0.3) is 0 Å². The van der Waals surface area contributed by atoms with Gasteiger partial charge >= 0.3 is 5.97 Å². The van der Waals surface area contributed by atoms with Gasteiger partial charge in [0.15, 0.2) is 0 Å². The highest BCUT2D eigenvalue weighted by atomic mass is 16.4. The van der Waals surface area contributed by atoms with Gasteiger partial charge in [-0.15, -0.1) is 0 Å². The summed E-state index contributed by atoms with van der Waals surface area (Å²) in [6, 6.07) is 14.4. The van der Waals surface area contributed by atoms with Crippen LogP contribution in [-0.4, -0.2) is 40.9 Å². The average molecular weight is 364 g/mol. The predicted octanol–water partition coefficient (Wildman–Crippen LogP) is 2.64. The molecule has 1 unspecified atom stereocenters. The summed E-state index contributed by atoms with van der Waals surface area (Å²) in [5.74, 6) is -1.82. The van der Waals surface area contributed by atoms with Gasteiger partial charge in [0.2, 0.25) is 5.91 Å². The number of carbonyl (C=O) groups excluding carboxylic acids is 2. The van der Waals surface area contributed by atoms with E-state index in [1.807, 2.05) is 30.3 Å². The molecule has 0 radical (unpaired) electrons. The highest BCUT2D eigenvalue weighted by Gasteiger charge is 2.33. The molecule has 2 aromatic rings. The maximum absolute atomic E-state index is 13.1. The zero-order chi connectivity index (χ0) is 19.0. The first-order chi connectivity index (χ1) is 13.0. The Morgan fingerprint density at radius 3 is 2.63 bits per heavy atom. The van der Waals surface area contributed by atoms with Crippen molar-refractivity contribution in [2.45, 2.75) is 25.3 Å². The van der Waals surface area contributed by atoms with Crippen LogP contribution in [-0.2, 0) is 16.1 Å². The third-order valence-corrected chi connectivity index (χ3v) is 5.26. The van der Waals surface area contributed by atoms with Crippen LogP contribution in [0.5, 0.6) is 0 Å². The number of carboxylic acids is 1. The topological polar surface area (TPSA) is 77.9 Å². The summed E-state index contributed by atoms with van der Waals surface area (Å²) in [7, 11) is 0. The highest BCUT2D eigenvalue weighted by Crippen LogP contribution is 2.30. The fraction of sp³-hybridized carbons (Fsp3) is 0.286. The molecule has 1 fully saturated rings. The van der Waals surface area contributed by atoms with Gasteiger partial charge in [0.1, 0.15) is 0 Å². The van der Waals surface area contributed by atoms with Gasteiger partial charge in [0.25, 0.3) is 5.91 Å². The van der Waals surface area contributed by atoms with E-state index in [0.29, 0.717) is 25.1 Å². The van der Waals surface area contributed by atoms with E-state index >= 15 is 0 Å². The van der Waals surface area contributed by atoms with Crippen molar-refractivity contribution in [2.75, 3.05) is 18.0 Å². The first-order valence-electron chi connectivity index (χ1n) is 9.05. The zero-order valence-electron chi connectivity index (χ0n) is 14.8. The van der Waals surface area contributed by atoms with Crippen LogP contribution in [0.4, 0.5) is 5.69 Å². The molecular weight excluding hydrogens is 344 g/mol. The van der Waals surface area contributed by atoms with Gasteiger partial charge in [-0.05, 0) is 35.7 Å². The lowest BCUT2D eigenvalue weighted by Gasteiger charge is -2.33. The fourth-order valence-electron chi connectivity index (χ4n) is 3.88. The van der Waals surface area contributed by atoms with E-state index in [0.717, 1.165) is 23.2 Å². The van der Waals surface area contributed by atoms with Crippen LogP contribution in [0.1, 0.15) is 40.2 Å². The summed E-state index contributed by atoms with van der Waals surface area (Å²) in [6.07, 6.45) is 1.35. The molecule has 138 valence electrons. The molecule has 0 saturated carbocycles. The molecule has 2 aliphatic heterocycles. The van der Waals surface area contributed by atoms with E-state index in [4.69, 9.17) is 0 Å². The molecule has 6 nitrogen and oxygen atoms in total. The summed E-state index contributed by atoms with van der Waals surface area (Å²) in [5.41, 5.74) is 2.81. The first kappa shape index (κ1) is 17.3. The van der Waals surface area contributed by atoms with Crippen LogP contribution >= 0.6 is 0 Å². The number of carboxylic acid groups (broad SMARTS) is 1. The molecule has 2 heterocycles. The molecule has 1 saturated heterocycles. The standard InChI is InChI=1S/C21H20N2O4/c24-19-9-4-10-23(19)16-7-3-6-14(11-16)20(25)22-12-15-5-1-2-8-17(15)18(13-22)21(26)27/h1-3,5-8,11,18H,4,9-10,12-13H2,(H,26,27). The van der Waals surface area contributed by atoms with Crippen molar-refractivity contribution in [2.24, 2.45) is 0 Å². The SMILES string of the molecule is O=C(O)C1CN(C(=O)c2cccc(N3CCCC3=O)c2)Cc2ccccc21. The minimum atomic E-state index is -0.934. The summed E-state index contributed by atoms with van der Waals surface area (Å²) in [4.78, 5) is 40.0. The number of hydrogen-bond donors (Lipinski definition) is 1. The molecule has 0 aliphatic carbocycles. The fourth-order valence-corrected chi connectivity index (χ4v) is 3.88. The third kappa shape index (κ3) is 3.18. The van der Waals surface area contributed by atoms with Gasteiger partial charge < -0.3 is 14.9 Å². The van der Waals surface area contributed by atoms with Gasteiger partial charge in [-0.2, -0.15) is 0 Å². The van der Waals surface area contributed by atoms with Crippen molar-refractivity contribution >= 4 is 23.5 Å². The molecule has 1 atom stereocenters. The summed E-state index contributed by atoms with van der Waals surface area (Å²) in [5, 5.41) is 9.59. The summed E-state index contributed by atoms with van der Waals surface area (Å²) < 4.78 is 0. The Kier molecular flexibility index (Phi) is 4.39. The quantitative estimate of drug-likeness (QED) is 0.908. The summed E-state index contributed by atoms with van der Waals surface area (Å²) >= 11 is 0. The maximum Gasteiger partial charge on any atom is 0.312 e. The molecule has 2 amide bonds. The molecular formula is C21H20N2O4.